The van der Waals surface area contributed by atoms with Crippen LogP contribution in [0.2, 0.25) is 0 Å². The second-order valence-corrected chi connectivity index (χ2v) is 11.7. The number of likely N-dealkylation sites (tertiary alicyclic amines) is 1. The van der Waals surface area contributed by atoms with E-state index in [-0.39, 0.29) is 17.2 Å². The molecule has 1 aliphatic heterocycles. The average molecular weight is 525 g/mol. The fourth-order valence-electron chi connectivity index (χ4n) is 5.89. The van der Waals surface area contributed by atoms with Crippen LogP contribution >= 0.6 is 11.3 Å². The Kier molecular flexibility index (Phi) is 7.88. The molecule has 0 spiro atoms. The number of nitrogens with zero attached hydrogens (tertiary/aromatic N) is 3. The number of benzene rings is 1. The number of carboxylic acids is 1. The minimum atomic E-state index is -0.758. The minimum absolute atomic E-state index is 0.276. The van der Waals surface area contributed by atoms with E-state index >= 15 is 0 Å². The molecule has 8 heteroatoms. The number of thiazole rings is 1. The number of aliphatic carboxylic acids is 1. The molecule has 2 aliphatic carbocycles. The maximum Gasteiger partial charge on any atom is 0.309 e. The Balaban J connectivity index is 0.000000514. The van der Waals surface area contributed by atoms with E-state index in [1.54, 1.807) is 12.1 Å². The summed E-state index contributed by atoms with van der Waals surface area (Å²) in [7, 11) is 0. The summed E-state index contributed by atoms with van der Waals surface area (Å²) >= 11 is 1.47. The van der Waals surface area contributed by atoms with E-state index in [2.05, 4.69) is 36.3 Å². The summed E-state index contributed by atoms with van der Waals surface area (Å²) in [4.78, 5) is 23.6. The van der Waals surface area contributed by atoms with Gasteiger partial charge in [0.15, 0.2) is 0 Å². The van der Waals surface area contributed by atoms with Gasteiger partial charge in [-0.3, -0.25) is 9.69 Å². The Morgan fingerprint density at radius 1 is 1.14 bits per heavy atom. The molecule has 3 aliphatic rings. The average Bonchev–Trinajstić information content (AvgIpc) is 3.27. The number of hydrogen-bond donors (Lipinski definition) is 2. The number of hydrogen-bond acceptors (Lipinski definition) is 6. The highest BCUT2D eigenvalue weighted by molar-refractivity contribution is 7.21. The maximum absolute atomic E-state index is 15.0. The molecule has 0 amide bonds. The van der Waals surface area contributed by atoms with Crippen LogP contribution in [0.15, 0.2) is 30.3 Å². The highest BCUT2D eigenvalue weighted by atomic mass is 32.1. The Hall–Kier alpha value is -2.42. The standard InChI is InChI=1S/C25H26FN3O2S.C4H11N/c26-19-11-15(12-29-13-16(14-29)24(30)31)5-6-18(19)22-27-20-7-8-21(28-23(20)32-22)25(9-10-25)17-3-1-2-4-17;1-3-5-4-2/h5-8,11,16-17H,1-4,9-10,12-14H2,(H,30,31);5H,3-4H2,1-2H3. The maximum atomic E-state index is 15.0. The number of fused-ring (bicyclic) bond motifs is 1. The fourth-order valence-corrected chi connectivity index (χ4v) is 6.85. The first-order chi connectivity index (χ1) is 17.9. The lowest BCUT2D eigenvalue weighted by Crippen LogP contribution is -2.49. The van der Waals surface area contributed by atoms with E-state index in [4.69, 9.17) is 10.1 Å². The van der Waals surface area contributed by atoms with Gasteiger partial charge in [0.2, 0.25) is 0 Å². The SMILES string of the molecule is CCNCC.O=C(O)C1CN(Cc2ccc(-c3nc4ccc(C5(C6CCCC6)CC5)nc4s3)c(F)c2)C1. The van der Waals surface area contributed by atoms with E-state index in [1.807, 2.05) is 11.0 Å². The molecular formula is C29H37FN4O2S. The van der Waals surface area contributed by atoms with Crippen molar-refractivity contribution in [2.75, 3.05) is 26.2 Å². The molecule has 1 saturated heterocycles. The molecule has 198 valence electrons. The molecular weight excluding hydrogens is 487 g/mol. The molecule has 0 unspecified atom stereocenters. The van der Waals surface area contributed by atoms with Crippen LogP contribution < -0.4 is 5.32 Å². The van der Waals surface area contributed by atoms with Gasteiger partial charge in [0.05, 0.1) is 5.92 Å². The van der Waals surface area contributed by atoms with Gasteiger partial charge in [-0.25, -0.2) is 14.4 Å². The third-order valence-corrected chi connectivity index (χ3v) is 9.17. The van der Waals surface area contributed by atoms with Crippen LogP contribution in [-0.2, 0) is 16.8 Å². The summed E-state index contributed by atoms with van der Waals surface area (Å²) in [6.45, 7) is 7.99. The second kappa shape index (κ2) is 11.1. The molecule has 6 nitrogen and oxygen atoms in total. The van der Waals surface area contributed by atoms with E-state index in [0.717, 1.165) is 34.9 Å². The van der Waals surface area contributed by atoms with Gasteiger partial charge in [0.1, 0.15) is 21.2 Å². The molecule has 3 aromatic rings. The van der Waals surface area contributed by atoms with Crippen molar-refractivity contribution in [3.8, 4) is 10.6 Å². The van der Waals surface area contributed by atoms with Gasteiger partial charge < -0.3 is 10.4 Å². The lowest BCUT2D eigenvalue weighted by atomic mass is 9.84. The number of rotatable bonds is 8. The van der Waals surface area contributed by atoms with Crippen LogP contribution in [0.25, 0.3) is 20.9 Å². The van der Waals surface area contributed by atoms with Gasteiger partial charge in [-0.1, -0.05) is 44.1 Å². The minimum Gasteiger partial charge on any atom is -0.481 e. The quantitative estimate of drug-likeness (QED) is 0.385. The summed E-state index contributed by atoms with van der Waals surface area (Å²) in [6, 6.07) is 9.46. The van der Waals surface area contributed by atoms with Crippen molar-refractivity contribution in [1.82, 2.24) is 20.2 Å². The third kappa shape index (κ3) is 5.56. The van der Waals surface area contributed by atoms with Crippen molar-refractivity contribution >= 4 is 27.7 Å². The molecule has 2 saturated carbocycles. The first kappa shape index (κ1) is 26.2. The van der Waals surface area contributed by atoms with Crippen molar-refractivity contribution in [2.24, 2.45) is 11.8 Å². The first-order valence-electron chi connectivity index (χ1n) is 13.7. The Bertz CT molecular complexity index is 1240. The number of pyridine rings is 1. The van der Waals surface area contributed by atoms with Crippen molar-refractivity contribution in [1.29, 1.82) is 0 Å². The Morgan fingerprint density at radius 3 is 2.46 bits per heavy atom. The smallest absolute Gasteiger partial charge is 0.309 e. The van der Waals surface area contributed by atoms with Crippen molar-refractivity contribution in [3.63, 3.8) is 0 Å². The largest absolute Gasteiger partial charge is 0.481 e. The predicted octanol–water partition coefficient (Wildman–Crippen LogP) is 5.85. The molecule has 0 atom stereocenters. The molecule has 2 N–H and O–H groups in total. The topological polar surface area (TPSA) is 78.4 Å². The lowest BCUT2D eigenvalue weighted by molar-refractivity contribution is -0.147. The summed E-state index contributed by atoms with van der Waals surface area (Å²) in [5.41, 5.74) is 3.67. The molecule has 3 heterocycles. The van der Waals surface area contributed by atoms with Gasteiger partial charge in [-0.05, 0) is 74.5 Å². The van der Waals surface area contributed by atoms with Crippen LogP contribution in [0.4, 0.5) is 4.39 Å². The number of halogens is 1. The van der Waals surface area contributed by atoms with Gasteiger partial charge in [-0.15, -0.1) is 0 Å². The zero-order valence-electron chi connectivity index (χ0n) is 21.8. The van der Waals surface area contributed by atoms with Crippen LogP contribution in [0, 0.1) is 17.7 Å². The lowest BCUT2D eigenvalue weighted by Gasteiger charge is -2.36. The molecule has 6 rings (SSSR count). The van der Waals surface area contributed by atoms with Crippen molar-refractivity contribution < 1.29 is 14.3 Å². The van der Waals surface area contributed by atoms with Crippen LogP contribution in [-0.4, -0.2) is 52.1 Å². The van der Waals surface area contributed by atoms with Gasteiger partial charge in [0, 0.05) is 36.3 Å². The van der Waals surface area contributed by atoms with Gasteiger partial charge >= 0.3 is 5.97 Å². The molecule has 0 bridgehead atoms. The predicted molar refractivity (Wildman–Crippen MR) is 146 cm³/mol. The van der Waals surface area contributed by atoms with Gasteiger partial charge in [-0.2, -0.15) is 0 Å². The highest BCUT2D eigenvalue weighted by Crippen LogP contribution is 2.58. The second-order valence-electron chi connectivity index (χ2n) is 10.7. The normalized spacial score (nSPS) is 19.4. The van der Waals surface area contributed by atoms with Gasteiger partial charge in [0.25, 0.3) is 0 Å². The molecule has 3 fully saturated rings. The number of aromatic nitrogens is 2. The molecule has 1 aromatic carbocycles. The number of nitrogens with one attached hydrogen (secondary N) is 1. The zero-order valence-corrected chi connectivity index (χ0v) is 22.6. The van der Waals surface area contributed by atoms with Crippen molar-refractivity contribution in [3.05, 3.63) is 47.4 Å². The Labute approximate surface area is 222 Å². The molecule has 37 heavy (non-hydrogen) atoms. The number of carbonyl (C=O) groups is 1. The van der Waals surface area contributed by atoms with Crippen LogP contribution in [0.5, 0.6) is 0 Å². The third-order valence-electron chi connectivity index (χ3n) is 8.17. The summed E-state index contributed by atoms with van der Waals surface area (Å²) in [5, 5.41) is 12.8. The molecule has 2 aromatic heterocycles. The fraction of sp³-hybridized carbons (Fsp3) is 0.552. The van der Waals surface area contributed by atoms with E-state index < -0.39 is 5.97 Å². The summed E-state index contributed by atoms with van der Waals surface area (Å²) in [5.74, 6) is -0.586. The van der Waals surface area contributed by atoms with E-state index in [1.165, 1.54) is 55.6 Å². The number of carboxylic acid groups (broad SMARTS) is 1. The zero-order chi connectivity index (χ0) is 26.0. The monoisotopic (exact) mass is 524 g/mol. The highest BCUT2D eigenvalue weighted by Gasteiger charge is 2.52. The van der Waals surface area contributed by atoms with E-state index in [9.17, 15) is 9.18 Å². The van der Waals surface area contributed by atoms with E-state index in [0.29, 0.717) is 30.2 Å². The molecule has 0 radical (unpaired) electrons. The summed E-state index contributed by atoms with van der Waals surface area (Å²) < 4.78 is 15.0. The summed E-state index contributed by atoms with van der Waals surface area (Å²) in [6.07, 6.45) is 7.79. The van der Waals surface area contributed by atoms with Crippen LogP contribution in [0.1, 0.15) is 63.6 Å². The Morgan fingerprint density at radius 2 is 1.86 bits per heavy atom. The van der Waals surface area contributed by atoms with Crippen molar-refractivity contribution in [2.45, 2.75) is 64.3 Å². The van der Waals surface area contributed by atoms with Crippen LogP contribution in [0.3, 0.4) is 0 Å². The first-order valence-corrected chi connectivity index (χ1v) is 14.5.